The van der Waals surface area contributed by atoms with Crippen molar-refractivity contribution in [1.29, 1.82) is 0 Å². The molecule has 0 heterocycles. The van der Waals surface area contributed by atoms with E-state index in [2.05, 4.69) is 67.8 Å². The molecule has 1 fully saturated rings. The fourth-order valence-corrected chi connectivity index (χ4v) is 4.39. The van der Waals surface area contributed by atoms with E-state index in [9.17, 15) is 9.59 Å². The van der Waals surface area contributed by atoms with Crippen LogP contribution in [0.25, 0.3) is 10.8 Å². The van der Waals surface area contributed by atoms with Crippen molar-refractivity contribution >= 4 is 22.6 Å². The molecule has 2 aromatic carbocycles. The minimum absolute atomic E-state index is 0.252. The molecule has 0 atom stereocenters. The number of fused-ring (bicyclic) bond motifs is 1. The summed E-state index contributed by atoms with van der Waals surface area (Å²) in [4.78, 5) is 22.3. The van der Waals surface area contributed by atoms with E-state index in [0.717, 1.165) is 30.1 Å². The highest BCUT2D eigenvalue weighted by atomic mass is 16.5. The minimum Gasteiger partial charge on any atom is -0.490 e. The van der Waals surface area contributed by atoms with Gasteiger partial charge in [-0.2, -0.15) is 0 Å². The van der Waals surface area contributed by atoms with Gasteiger partial charge in [-0.25, -0.2) is 0 Å². The van der Waals surface area contributed by atoms with E-state index >= 15 is 0 Å². The molecule has 0 radical (unpaired) electrons. The van der Waals surface area contributed by atoms with Gasteiger partial charge in [-0.05, 0) is 71.6 Å². The maximum atomic E-state index is 11.5. The Hall–Kier alpha value is -2.40. The molecule has 5 heteroatoms. The van der Waals surface area contributed by atoms with Crippen molar-refractivity contribution in [1.82, 2.24) is 10.6 Å². The molecule has 0 aromatic heterocycles. The quantitative estimate of drug-likeness (QED) is 0.616. The SMILES string of the molecule is CC(=O)NC(=O)CCNCc1ccc2cc(OC3CCC(C(C)(C)C)CC3)ccc2c1. The second-order valence-electron chi connectivity index (χ2n) is 9.83. The Labute approximate surface area is 185 Å². The zero-order chi connectivity index (χ0) is 22.4. The van der Waals surface area contributed by atoms with Crippen LogP contribution in [0.4, 0.5) is 0 Å². The van der Waals surface area contributed by atoms with E-state index in [1.165, 1.54) is 30.5 Å². The normalized spacial score (nSPS) is 19.2. The molecule has 2 aromatic rings. The summed E-state index contributed by atoms with van der Waals surface area (Å²) >= 11 is 0. The maximum Gasteiger partial charge on any atom is 0.227 e. The second-order valence-corrected chi connectivity index (χ2v) is 9.83. The maximum absolute atomic E-state index is 11.5. The molecule has 168 valence electrons. The smallest absolute Gasteiger partial charge is 0.227 e. The third-order valence-electron chi connectivity index (χ3n) is 6.25. The van der Waals surface area contributed by atoms with Crippen molar-refractivity contribution in [3.63, 3.8) is 0 Å². The van der Waals surface area contributed by atoms with Crippen molar-refractivity contribution in [2.75, 3.05) is 6.54 Å². The summed E-state index contributed by atoms with van der Waals surface area (Å²) in [7, 11) is 0. The Morgan fingerprint density at radius 1 is 1.00 bits per heavy atom. The molecule has 2 N–H and O–H groups in total. The van der Waals surface area contributed by atoms with Crippen LogP contribution in [0.3, 0.4) is 0 Å². The molecule has 1 aliphatic rings. The molecule has 0 spiro atoms. The van der Waals surface area contributed by atoms with E-state index in [0.29, 0.717) is 24.6 Å². The second kappa shape index (κ2) is 10.3. The molecule has 5 nitrogen and oxygen atoms in total. The van der Waals surface area contributed by atoms with Crippen LogP contribution in [-0.2, 0) is 16.1 Å². The van der Waals surface area contributed by atoms with Crippen LogP contribution < -0.4 is 15.4 Å². The zero-order valence-electron chi connectivity index (χ0n) is 19.3. The zero-order valence-corrected chi connectivity index (χ0v) is 19.3. The third kappa shape index (κ3) is 7.06. The van der Waals surface area contributed by atoms with Gasteiger partial charge in [0.25, 0.3) is 0 Å². The predicted octanol–water partition coefficient (Wildman–Crippen LogP) is 4.97. The lowest BCUT2D eigenvalue weighted by Gasteiger charge is -2.37. The monoisotopic (exact) mass is 424 g/mol. The van der Waals surface area contributed by atoms with Crippen molar-refractivity contribution in [3.05, 3.63) is 42.0 Å². The predicted molar refractivity (Wildman–Crippen MR) is 125 cm³/mol. The topological polar surface area (TPSA) is 67.4 Å². The molecule has 3 rings (SSSR count). The number of hydrogen-bond donors (Lipinski definition) is 2. The largest absolute Gasteiger partial charge is 0.490 e. The van der Waals surface area contributed by atoms with Gasteiger partial charge in [0, 0.05) is 26.4 Å². The molecule has 0 saturated heterocycles. The van der Waals surface area contributed by atoms with E-state index in [4.69, 9.17) is 4.74 Å². The molecule has 1 aliphatic carbocycles. The van der Waals surface area contributed by atoms with E-state index in [-0.39, 0.29) is 18.2 Å². The number of hydrogen-bond acceptors (Lipinski definition) is 4. The number of ether oxygens (including phenoxy) is 1. The first-order valence-corrected chi connectivity index (χ1v) is 11.4. The summed E-state index contributed by atoms with van der Waals surface area (Å²) in [6.07, 6.45) is 5.36. The Bertz CT molecular complexity index is 908. The number of carbonyl (C=O) groups is 2. The lowest BCUT2D eigenvalue weighted by atomic mass is 9.72. The minimum atomic E-state index is -0.319. The first kappa shape index (κ1) is 23.3. The van der Waals surface area contributed by atoms with Crippen LogP contribution in [-0.4, -0.2) is 24.5 Å². The van der Waals surface area contributed by atoms with Crippen LogP contribution in [0, 0.1) is 11.3 Å². The Balaban J connectivity index is 1.50. The van der Waals surface area contributed by atoms with E-state index < -0.39 is 0 Å². The molecular formula is C26H36N2O3. The Morgan fingerprint density at radius 2 is 1.68 bits per heavy atom. The van der Waals surface area contributed by atoms with Gasteiger partial charge in [-0.3, -0.25) is 14.9 Å². The van der Waals surface area contributed by atoms with E-state index in [1.807, 2.05) is 0 Å². The van der Waals surface area contributed by atoms with Crippen molar-refractivity contribution in [2.24, 2.45) is 11.3 Å². The average Bonchev–Trinajstić information content (AvgIpc) is 2.70. The molecule has 0 aliphatic heterocycles. The van der Waals surface area contributed by atoms with Gasteiger partial charge in [0.15, 0.2) is 0 Å². The first-order chi connectivity index (χ1) is 14.7. The third-order valence-corrected chi connectivity index (χ3v) is 6.25. The highest BCUT2D eigenvalue weighted by Gasteiger charge is 2.30. The van der Waals surface area contributed by atoms with Crippen LogP contribution in [0.15, 0.2) is 36.4 Å². The molecule has 0 bridgehead atoms. The highest BCUT2D eigenvalue weighted by Crippen LogP contribution is 2.39. The molecule has 2 amide bonds. The van der Waals surface area contributed by atoms with Gasteiger partial charge < -0.3 is 10.1 Å². The van der Waals surface area contributed by atoms with Gasteiger partial charge in [-0.1, -0.05) is 39.0 Å². The molecular weight excluding hydrogens is 388 g/mol. The summed E-state index contributed by atoms with van der Waals surface area (Å²) in [5, 5.41) is 7.88. The van der Waals surface area contributed by atoms with Gasteiger partial charge in [-0.15, -0.1) is 0 Å². The van der Waals surface area contributed by atoms with Crippen LogP contribution in [0.2, 0.25) is 0 Å². The fraction of sp³-hybridized carbons (Fsp3) is 0.538. The standard InChI is InChI=1S/C26H36N2O3/c1-18(29)28-25(30)13-14-27-17-19-5-6-21-16-24(10-7-20(21)15-19)31-23-11-8-22(9-12-23)26(2,3)4/h5-7,10,15-16,22-23,27H,8-9,11-14,17H2,1-4H3,(H,28,29,30). The van der Waals surface area contributed by atoms with Gasteiger partial charge in [0.2, 0.25) is 11.8 Å². The average molecular weight is 425 g/mol. The number of rotatable bonds is 7. The molecule has 1 saturated carbocycles. The summed E-state index contributed by atoms with van der Waals surface area (Å²) < 4.78 is 6.31. The van der Waals surface area contributed by atoms with Crippen molar-refractivity contribution in [3.8, 4) is 5.75 Å². The number of carbonyl (C=O) groups excluding carboxylic acids is 2. The number of benzene rings is 2. The van der Waals surface area contributed by atoms with Crippen molar-refractivity contribution < 1.29 is 14.3 Å². The Kier molecular flexibility index (Phi) is 7.71. The lowest BCUT2D eigenvalue weighted by Crippen LogP contribution is -2.30. The van der Waals surface area contributed by atoms with Crippen molar-refractivity contribution in [2.45, 2.75) is 72.4 Å². The summed E-state index contributed by atoms with van der Waals surface area (Å²) in [6, 6.07) is 12.7. The van der Waals surface area contributed by atoms with E-state index in [1.54, 1.807) is 0 Å². The Morgan fingerprint density at radius 3 is 2.35 bits per heavy atom. The number of imide groups is 1. The number of amides is 2. The summed E-state index contributed by atoms with van der Waals surface area (Å²) in [5.41, 5.74) is 1.55. The molecule has 0 unspecified atom stereocenters. The fourth-order valence-electron chi connectivity index (χ4n) is 4.39. The first-order valence-electron chi connectivity index (χ1n) is 11.4. The molecule has 31 heavy (non-hydrogen) atoms. The van der Waals surface area contributed by atoms with Crippen LogP contribution in [0.1, 0.15) is 65.4 Å². The van der Waals surface area contributed by atoms with Gasteiger partial charge >= 0.3 is 0 Å². The van der Waals surface area contributed by atoms with Gasteiger partial charge in [0.05, 0.1) is 6.10 Å². The van der Waals surface area contributed by atoms with Crippen LogP contribution in [0.5, 0.6) is 5.75 Å². The number of nitrogens with one attached hydrogen (secondary N) is 2. The highest BCUT2D eigenvalue weighted by molar-refractivity contribution is 5.93. The van der Waals surface area contributed by atoms with Crippen LogP contribution >= 0.6 is 0 Å². The lowest BCUT2D eigenvalue weighted by molar-refractivity contribution is -0.129. The summed E-state index contributed by atoms with van der Waals surface area (Å²) in [6.45, 7) is 9.58. The van der Waals surface area contributed by atoms with Gasteiger partial charge in [0.1, 0.15) is 5.75 Å². The summed E-state index contributed by atoms with van der Waals surface area (Å²) in [5.74, 6) is 1.17.